The Morgan fingerprint density at radius 1 is 0.968 bits per heavy atom. The second-order valence-corrected chi connectivity index (χ2v) is 7.87. The molecule has 1 aliphatic carbocycles. The van der Waals surface area contributed by atoms with Crippen LogP contribution in [0.25, 0.3) is 0 Å². The third-order valence-corrected chi connectivity index (χ3v) is 5.86. The minimum absolute atomic E-state index is 0.0246. The number of ether oxygens (including phenoxy) is 3. The monoisotopic (exact) mass is 420 g/mol. The number of allylic oxidation sites excluding steroid dienone is 3. The van der Waals surface area contributed by atoms with Crippen molar-refractivity contribution in [1.29, 1.82) is 0 Å². The van der Waals surface area contributed by atoms with E-state index in [-0.39, 0.29) is 12.0 Å². The molecule has 0 fully saturated rings. The van der Waals surface area contributed by atoms with Crippen molar-refractivity contribution in [3.8, 4) is 11.5 Å². The fourth-order valence-corrected chi connectivity index (χ4v) is 4.24. The van der Waals surface area contributed by atoms with Gasteiger partial charge in [0, 0.05) is 12.3 Å². The summed E-state index contributed by atoms with van der Waals surface area (Å²) >= 11 is 0. The molecule has 0 N–H and O–H groups in total. The van der Waals surface area contributed by atoms with E-state index in [4.69, 9.17) is 14.2 Å². The number of hydrogen-bond donors (Lipinski definition) is 0. The molecule has 1 unspecified atom stereocenters. The van der Waals surface area contributed by atoms with E-state index < -0.39 is 5.60 Å². The van der Waals surface area contributed by atoms with Gasteiger partial charge in [-0.15, -0.1) is 0 Å². The standard InChI is InChI=1S/C27H32O4/c1-21(9-7-8-20-28)31-27(22-10-5-4-6-11-22,23-12-16-25(29-2)17-13-23)24-14-18-26(30-3)19-15-24/h4-6,10,12-22H,7-9,11H2,1-3H3/t21-,22?/m1/s1. The van der Waals surface area contributed by atoms with Crippen LogP contribution >= 0.6 is 0 Å². The molecule has 3 rings (SSSR count). The number of unbranched alkanes of at least 4 members (excludes halogenated alkanes) is 1. The molecule has 0 saturated heterocycles. The Balaban J connectivity index is 2.11. The molecule has 0 saturated carbocycles. The molecule has 1 aliphatic rings. The van der Waals surface area contributed by atoms with E-state index >= 15 is 0 Å². The minimum atomic E-state index is -0.680. The maximum absolute atomic E-state index is 10.8. The van der Waals surface area contributed by atoms with E-state index in [1.807, 2.05) is 24.3 Å². The molecule has 0 bridgehead atoms. The average molecular weight is 421 g/mol. The lowest BCUT2D eigenvalue weighted by molar-refractivity contribution is -0.108. The van der Waals surface area contributed by atoms with Crippen molar-refractivity contribution in [3.05, 3.63) is 84.0 Å². The number of methoxy groups -OCH3 is 2. The summed E-state index contributed by atoms with van der Waals surface area (Å²) in [7, 11) is 3.35. The zero-order valence-corrected chi connectivity index (χ0v) is 18.6. The van der Waals surface area contributed by atoms with Gasteiger partial charge in [0.2, 0.25) is 0 Å². The molecule has 4 nitrogen and oxygen atoms in total. The first-order valence-corrected chi connectivity index (χ1v) is 10.9. The molecule has 4 heteroatoms. The van der Waals surface area contributed by atoms with Gasteiger partial charge in [0.1, 0.15) is 23.4 Å². The van der Waals surface area contributed by atoms with Crippen LogP contribution < -0.4 is 9.47 Å². The Bertz CT molecular complexity index is 833. The Morgan fingerprint density at radius 2 is 1.55 bits per heavy atom. The van der Waals surface area contributed by atoms with E-state index in [1.54, 1.807) is 14.2 Å². The van der Waals surface area contributed by atoms with Gasteiger partial charge in [-0.25, -0.2) is 0 Å². The first-order valence-electron chi connectivity index (χ1n) is 10.9. The summed E-state index contributed by atoms with van der Waals surface area (Å²) in [6, 6.07) is 16.3. The largest absolute Gasteiger partial charge is 0.497 e. The van der Waals surface area contributed by atoms with Crippen molar-refractivity contribution in [3.63, 3.8) is 0 Å². The molecule has 2 atom stereocenters. The lowest BCUT2D eigenvalue weighted by Crippen LogP contribution is -2.41. The first kappa shape index (κ1) is 22.8. The number of carbonyl (C=O) groups is 1. The van der Waals surface area contributed by atoms with Crippen LogP contribution in [-0.2, 0) is 15.1 Å². The van der Waals surface area contributed by atoms with E-state index in [0.717, 1.165) is 48.2 Å². The van der Waals surface area contributed by atoms with Gasteiger partial charge in [-0.3, -0.25) is 0 Å². The Hall–Kier alpha value is -2.85. The van der Waals surface area contributed by atoms with Gasteiger partial charge in [-0.2, -0.15) is 0 Å². The highest BCUT2D eigenvalue weighted by Crippen LogP contribution is 2.46. The van der Waals surface area contributed by atoms with Crippen molar-refractivity contribution >= 4 is 6.29 Å². The number of benzene rings is 2. The molecule has 2 aromatic rings. The number of rotatable bonds is 11. The smallest absolute Gasteiger partial charge is 0.125 e. The van der Waals surface area contributed by atoms with Crippen LogP contribution in [0.5, 0.6) is 11.5 Å². The molecule has 164 valence electrons. The Kier molecular flexibility index (Phi) is 8.07. The van der Waals surface area contributed by atoms with Crippen molar-refractivity contribution < 1.29 is 19.0 Å². The fourth-order valence-electron chi connectivity index (χ4n) is 4.24. The number of aldehydes is 1. The molecule has 0 aromatic heterocycles. The summed E-state index contributed by atoms with van der Waals surface area (Å²) in [5, 5.41) is 0. The van der Waals surface area contributed by atoms with E-state index in [0.29, 0.717) is 6.42 Å². The van der Waals surface area contributed by atoms with Crippen molar-refractivity contribution in [2.24, 2.45) is 5.92 Å². The second kappa shape index (κ2) is 11.0. The SMILES string of the molecule is COc1ccc(C(O[C@H](C)CCCC=O)(c2ccc(OC)cc2)C2C=CC=CC2)cc1. The van der Waals surface area contributed by atoms with Gasteiger partial charge in [0.25, 0.3) is 0 Å². The first-order chi connectivity index (χ1) is 15.1. The summed E-state index contributed by atoms with van der Waals surface area (Å²) in [6.45, 7) is 2.09. The second-order valence-electron chi connectivity index (χ2n) is 7.87. The summed E-state index contributed by atoms with van der Waals surface area (Å²) in [5.74, 6) is 1.74. The lowest BCUT2D eigenvalue weighted by atomic mass is 9.73. The van der Waals surface area contributed by atoms with Crippen molar-refractivity contribution in [1.82, 2.24) is 0 Å². The van der Waals surface area contributed by atoms with Crippen LogP contribution in [0.4, 0.5) is 0 Å². The zero-order chi connectivity index (χ0) is 22.1. The number of hydrogen-bond acceptors (Lipinski definition) is 4. The molecule has 0 spiro atoms. The van der Waals surface area contributed by atoms with Gasteiger partial charge in [0.15, 0.2) is 0 Å². The highest BCUT2D eigenvalue weighted by Gasteiger charge is 2.43. The zero-order valence-electron chi connectivity index (χ0n) is 18.6. The van der Waals surface area contributed by atoms with Crippen molar-refractivity contribution in [2.75, 3.05) is 14.2 Å². The fraction of sp³-hybridized carbons (Fsp3) is 0.370. The summed E-state index contributed by atoms with van der Waals surface area (Å²) < 4.78 is 17.7. The minimum Gasteiger partial charge on any atom is -0.497 e. The third kappa shape index (κ3) is 5.26. The van der Waals surface area contributed by atoms with Crippen LogP contribution in [0.3, 0.4) is 0 Å². The molecule has 0 amide bonds. The van der Waals surface area contributed by atoms with Gasteiger partial charge >= 0.3 is 0 Å². The topological polar surface area (TPSA) is 44.8 Å². The molecular weight excluding hydrogens is 388 g/mol. The molecule has 0 radical (unpaired) electrons. The molecule has 0 heterocycles. The summed E-state index contributed by atoms with van der Waals surface area (Å²) in [5.41, 5.74) is 1.47. The number of carbonyl (C=O) groups excluding carboxylic acids is 1. The van der Waals surface area contributed by atoms with Crippen molar-refractivity contribution in [2.45, 2.75) is 44.3 Å². The Morgan fingerprint density at radius 3 is 2.00 bits per heavy atom. The predicted octanol–water partition coefficient (Wildman–Crippen LogP) is 5.85. The Labute approximate surface area is 185 Å². The highest BCUT2D eigenvalue weighted by molar-refractivity contribution is 5.49. The van der Waals surface area contributed by atoms with Crippen LogP contribution in [0, 0.1) is 5.92 Å². The lowest BCUT2D eigenvalue weighted by Gasteiger charge is -2.43. The summed E-state index contributed by atoms with van der Waals surface area (Å²) in [6.07, 6.45) is 12.6. The summed E-state index contributed by atoms with van der Waals surface area (Å²) in [4.78, 5) is 10.8. The van der Waals surface area contributed by atoms with Crippen LogP contribution in [-0.4, -0.2) is 26.6 Å². The van der Waals surface area contributed by atoms with E-state index in [2.05, 4.69) is 55.5 Å². The average Bonchev–Trinajstić information content (AvgIpc) is 2.83. The molecule has 31 heavy (non-hydrogen) atoms. The molecule has 2 aromatic carbocycles. The molecule has 0 aliphatic heterocycles. The van der Waals surface area contributed by atoms with Crippen LogP contribution in [0.1, 0.15) is 43.7 Å². The van der Waals surface area contributed by atoms with E-state index in [1.165, 1.54) is 0 Å². The van der Waals surface area contributed by atoms with Gasteiger partial charge < -0.3 is 19.0 Å². The third-order valence-electron chi connectivity index (χ3n) is 5.86. The molecular formula is C27H32O4. The quantitative estimate of drug-likeness (QED) is 0.338. The predicted molar refractivity (Wildman–Crippen MR) is 124 cm³/mol. The van der Waals surface area contributed by atoms with Gasteiger partial charge in [-0.05, 0) is 61.6 Å². The van der Waals surface area contributed by atoms with Crippen LogP contribution in [0.15, 0.2) is 72.8 Å². The maximum atomic E-state index is 10.8. The normalized spacial score (nSPS) is 16.7. The van der Waals surface area contributed by atoms with E-state index in [9.17, 15) is 4.79 Å². The van der Waals surface area contributed by atoms with Gasteiger partial charge in [0.05, 0.1) is 20.3 Å². The van der Waals surface area contributed by atoms with Gasteiger partial charge in [-0.1, -0.05) is 48.6 Å². The van der Waals surface area contributed by atoms with Crippen LogP contribution in [0.2, 0.25) is 0 Å². The highest BCUT2D eigenvalue weighted by atomic mass is 16.5. The maximum Gasteiger partial charge on any atom is 0.125 e.